The zero-order valence-electron chi connectivity index (χ0n) is 10.9. The molecule has 1 fully saturated rings. The molecule has 0 saturated carbocycles. The molecule has 1 aliphatic rings. The highest BCUT2D eigenvalue weighted by Gasteiger charge is 2.17. The summed E-state index contributed by atoms with van der Waals surface area (Å²) < 4.78 is 14.0. The van der Waals surface area contributed by atoms with E-state index in [0.29, 0.717) is 6.42 Å². The molecule has 1 aromatic rings. The van der Waals surface area contributed by atoms with Crippen molar-refractivity contribution in [1.82, 2.24) is 0 Å². The molecular formula is C14H21FN2S. The summed E-state index contributed by atoms with van der Waals surface area (Å²) in [6.45, 7) is 3.94. The van der Waals surface area contributed by atoms with Crippen LogP contribution in [0.2, 0.25) is 0 Å². The first-order valence-corrected chi connectivity index (χ1v) is 7.69. The molecule has 2 nitrogen and oxygen atoms in total. The van der Waals surface area contributed by atoms with Crippen LogP contribution in [0.4, 0.5) is 10.1 Å². The van der Waals surface area contributed by atoms with Gasteiger partial charge in [-0.25, -0.2) is 4.39 Å². The molecule has 0 radical (unpaired) electrons. The van der Waals surface area contributed by atoms with Crippen molar-refractivity contribution in [2.75, 3.05) is 29.5 Å². The second-order valence-electron chi connectivity index (χ2n) is 4.87. The molecule has 1 unspecified atom stereocenters. The second-order valence-corrected chi connectivity index (χ2v) is 6.10. The molecule has 0 bridgehead atoms. The van der Waals surface area contributed by atoms with Crippen molar-refractivity contribution in [3.05, 3.63) is 29.6 Å². The van der Waals surface area contributed by atoms with Gasteiger partial charge in [-0.3, -0.25) is 0 Å². The van der Waals surface area contributed by atoms with Crippen molar-refractivity contribution in [2.24, 2.45) is 5.73 Å². The van der Waals surface area contributed by atoms with Gasteiger partial charge in [0.15, 0.2) is 0 Å². The van der Waals surface area contributed by atoms with Crippen LogP contribution in [0.5, 0.6) is 0 Å². The van der Waals surface area contributed by atoms with Crippen LogP contribution in [-0.2, 0) is 6.42 Å². The van der Waals surface area contributed by atoms with Crippen molar-refractivity contribution in [1.29, 1.82) is 0 Å². The minimum absolute atomic E-state index is 0.0120. The molecule has 18 heavy (non-hydrogen) atoms. The van der Waals surface area contributed by atoms with Gasteiger partial charge in [0.05, 0.1) is 0 Å². The molecule has 1 aliphatic heterocycles. The number of thioether (sulfide) groups is 1. The molecule has 1 heterocycles. The van der Waals surface area contributed by atoms with E-state index in [9.17, 15) is 4.39 Å². The monoisotopic (exact) mass is 268 g/mol. The van der Waals surface area contributed by atoms with Crippen LogP contribution in [0.15, 0.2) is 18.2 Å². The standard InChI is InChI=1S/C14H21FN2S/c1-11(16)10-12-13(15)4-2-5-14(12)17-6-3-8-18-9-7-17/h2,4-5,11H,3,6-10,16H2,1H3. The lowest BCUT2D eigenvalue weighted by Gasteiger charge is -2.26. The Kier molecular flexibility index (Phi) is 4.89. The van der Waals surface area contributed by atoms with Crippen LogP contribution in [0.3, 0.4) is 0 Å². The number of anilines is 1. The molecular weight excluding hydrogens is 247 g/mol. The van der Waals surface area contributed by atoms with Gasteiger partial charge in [-0.05, 0) is 37.7 Å². The maximum atomic E-state index is 14.0. The van der Waals surface area contributed by atoms with E-state index >= 15 is 0 Å². The Bertz CT molecular complexity index is 387. The van der Waals surface area contributed by atoms with E-state index in [1.54, 1.807) is 6.07 Å². The normalized spacial score (nSPS) is 18.5. The molecule has 1 aromatic carbocycles. The highest BCUT2D eigenvalue weighted by atomic mass is 32.2. The van der Waals surface area contributed by atoms with E-state index in [1.165, 1.54) is 18.2 Å². The quantitative estimate of drug-likeness (QED) is 0.914. The third-order valence-electron chi connectivity index (χ3n) is 3.18. The van der Waals surface area contributed by atoms with Crippen molar-refractivity contribution < 1.29 is 4.39 Å². The second kappa shape index (κ2) is 6.43. The summed E-state index contributed by atoms with van der Waals surface area (Å²) in [5.41, 5.74) is 7.65. The minimum Gasteiger partial charge on any atom is -0.370 e. The average Bonchev–Trinajstić information content (AvgIpc) is 2.60. The van der Waals surface area contributed by atoms with Crippen LogP contribution in [0.25, 0.3) is 0 Å². The fourth-order valence-corrected chi connectivity index (χ4v) is 3.24. The van der Waals surface area contributed by atoms with E-state index in [2.05, 4.69) is 4.90 Å². The highest BCUT2D eigenvalue weighted by molar-refractivity contribution is 7.99. The van der Waals surface area contributed by atoms with Crippen molar-refractivity contribution in [3.63, 3.8) is 0 Å². The van der Waals surface area contributed by atoms with Crippen LogP contribution in [0.1, 0.15) is 18.9 Å². The van der Waals surface area contributed by atoms with E-state index in [-0.39, 0.29) is 11.9 Å². The first kappa shape index (κ1) is 13.7. The molecule has 1 atom stereocenters. The molecule has 2 rings (SSSR count). The zero-order chi connectivity index (χ0) is 13.0. The number of nitrogens with zero attached hydrogens (tertiary/aromatic N) is 1. The van der Waals surface area contributed by atoms with Gasteiger partial charge in [0.1, 0.15) is 5.82 Å². The predicted octanol–water partition coefficient (Wildman–Crippen LogP) is 2.66. The summed E-state index contributed by atoms with van der Waals surface area (Å²) in [7, 11) is 0. The van der Waals surface area contributed by atoms with Gasteiger partial charge in [-0.15, -0.1) is 0 Å². The summed E-state index contributed by atoms with van der Waals surface area (Å²) in [4.78, 5) is 2.31. The average molecular weight is 268 g/mol. The topological polar surface area (TPSA) is 29.3 Å². The largest absolute Gasteiger partial charge is 0.370 e. The summed E-state index contributed by atoms with van der Waals surface area (Å²) in [5, 5.41) is 0. The maximum Gasteiger partial charge on any atom is 0.128 e. The molecule has 0 aromatic heterocycles. The Morgan fingerprint density at radius 1 is 1.39 bits per heavy atom. The zero-order valence-corrected chi connectivity index (χ0v) is 11.7. The van der Waals surface area contributed by atoms with Crippen LogP contribution in [-0.4, -0.2) is 30.6 Å². The van der Waals surface area contributed by atoms with E-state index in [0.717, 1.165) is 30.1 Å². The van der Waals surface area contributed by atoms with E-state index in [1.807, 2.05) is 24.8 Å². The molecule has 100 valence electrons. The molecule has 4 heteroatoms. The summed E-state index contributed by atoms with van der Waals surface area (Å²) in [6.07, 6.45) is 1.77. The SMILES string of the molecule is CC(N)Cc1c(F)cccc1N1CCCSCC1. The van der Waals surface area contributed by atoms with E-state index < -0.39 is 0 Å². The number of benzene rings is 1. The first-order valence-electron chi connectivity index (χ1n) is 6.54. The van der Waals surface area contributed by atoms with Gasteiger partial charge in [0.2, 0.25) is 0 Å². The van der Waals surface area contributed by atoms with Crippen molar-refractivity contribution in [2.45, 2.75) is 25.8 Å². The van der Waals surface area contributed by atoms with Gasteiger partial charge in [0, 0.05) is 36.1 Å². The lowest BCUT2D eigenvalue weighted by molar-refractivity contribution is 0.594. The number of halogens is 1. The Labute approximate surface area is 113 Å². The Morgan fingerprint density at radius 2 is 2.22 bits per heavy atom. The molecule has 1 saturated heterocycles. The Balaban J connectivity index is 2.27. The molecule has 2 N–H and O–H groups in total. The summed E-state index contributed by atoms with van der Waals surface area (Å²) >= 11 is 1.98. The lowest BCUT2D eigenvalue weighted by atomic mass is 10.0. The number of nitrogens with two attached hydrogens (primary N) is 1. The van der Waals surface area contributed by atoms with E-state index in [4.69, 9.17) is 5.73 Å². The number of hydrogen-bond donors (Lipinski definition) is 1. The third-order valence-corrected chi connectivity index (χ3v) is 4.23. The van der Waals surface area contributed by atoms with Gasteiger partial charge in [-0.2, -0.15) is 11.8 Å². The van der Waals surface area contributed by atoms with Gasteiger partial charge < -0.3 is 10.6 Å². The summed E-state index contributed by atoms with van der Waals surface area (Å²) in [5.74, 6) is 2.20. The Hall–Kier alpha value is -0.740. The lowest BCUT2D eigenvalue weighted by Crippen LogP contribution is -2.28. The predicted molar refractivity (Wildman–Crippen MR) is 77.9 cm³/mol. The smallest absolute Gasteiger partial charge is 0.128 e. The highest BCUT2D eigenvalue weighted by Crippen LogP contribution is 2.26. The van der Waals surface area contributed by atoms with Gasteiger partial charge >= 0.3 is 0 Å². The van der Waals surface area contributed by atoms with Crippen molar-refractivity contribution in [3.8, 4) is 0 Å². The van der Waals surface area contributed by atoms with Crippen LogP contribution < -0.4 is 10.6 Å². The maximum absolute atomic E-state index is 14.0. The fourth-order valence-electron chi connectivity index (χ4n) is 2.35. The Morgan fingerprint density at radius 3 is 3.00 bits per heavy atom. The molecule has 0 spiro atoms. The van der Waals surface area contributed by atoms with Crippen molar-refractivity contribution >= 4 is 17.4 Å². The molecule has 0 amide bonds. The van der Waals surface area contributed by atoms with Gasteiger partial charge in [0.25, 0.3) is 0 Å². The number of hydrogen-bond acceptors (Lipinski definition) is 3. The summed E-state index contributed by atoms with van der Waals surface area (Å²) in [6, 6.07) is 5.35. The van der Waals surface area contributed by atoms with Crippen LogP contribution >= 0.6 is 11.8 Å². The first-order chi connectivity index (χ1) is 8.68. The minimum atomic E-state index is -0.123. The van der Waals surface area contributed by atoms with Gasteiger partial charge in [-0.1, -0.05) is 6.07 Å². The third kappa shape index (κ3) is 3.39. The molecule has 0 aliphatic carbocycles. The fraction of sp³-hybridized carbons (Fsp3) is 0.571. The van der Waals surface area contributed by atoms with Crippen LogP contribution in [0, 0.1) is 5.82 Å². The number of rotatable bonds is 3.